The number of ether oxygens (including phenoxy) is 1. The van der Waals surface area contributed by atoms with Crippen molar-refractivity contribution >= 4 is 0 Å². The van der Waals surface area contributed by atoms with Crippen molar-refractivity contribution in [2.24, 2.45) is 0 Å². The Hall–Kier alpha value is -5.66. The summed E-state index contributed by atoms with van der Waals surface area (Å²) in [5, 5.41) is 0. The lowest BCUT2D eigenvalue weighted by molar-refractivity contribution is 0.302. The summed E-state index contributed by atoms with van der Waals surface area (Å²) in [6.07, 6.45) is 43.8. The molecule has 7 aromatic rings. The molecule has 0 unspecified atom stereocenters. The molecule has 0 heterocycles. The second kappa shape index (κ2) is 34.0. The van der Waals surface area contributed by atoms with Crippen molar-refractivity contribution in [3.05, 3.63) is 195 Å². The number of benzene rings is 7. The SMILES string of the molecule is CCCCCCCCOc1cc(-c2ccc3c(c2)C(CCCCCCCC)(CCCCCCCC)c2cc(-c4ccc5c(c4)C(c4ccc(CCCCCCCC)cc4)(c4ccc(CCCCCCCC)cc4)c4cc(C)ccc4-5)ccc2-3)c(C)cc1C. The highest BCUT2D eigenvalue weighted by Crippen LogP contribution is 2.59. The normalized spacial score (nSPS) is 13.4. The van der Waals surface area contributed by atoms with E-state index in [9.17, 15) is 0 Å². The molecule has 0 amide bonds. The summed E-state index contributed by atoms with van der Waals surface area (Å²) in [6.45, 7) is 19.3. The molecule has 1 nitrogen and oxygen atoms in total. The first kappa shape index (κ1) is 66.8. The van der Waals surface area contributed by atoms with Gasteiger partial charge in [-0.2, -0.15) is 0 Å². The largest absolute Gasteiger partial charge is 0.493 e. The van der Waals surface area contributed by atoms with E-state index >= 15 is 0 Å². The van der Waals surface area contributed by atoms with Crippen LogP contribution in [0.15, 0.2) is 133 Å². The highest BCUT2D eigenvalue weighted by molar-refractivity contribution is 5.91. The molecule has 0 saturated heterocycles. The maximum atomic E-state index is 6.66. The van der Waals surface area contributed by atoms with Crippen molar-refractivity contribution in [1.29, 1.82) is 0 Å². The van der Waals surface area contributed by atoms with Crippen molar-refractivity contribution in [1.82, 2.24) is 0 Å². The van der Waals surface area contributed by atoms with Gasteiger partial charge in [0, 0.05) is 5.41 Å². The third-order valence-corrected chi connectivity index (χ3v) is 20.9. The van der Waals surface area contributed by atoms with Crippen LogP contribution in [0, 0.1) is 20.8 Å². The number of fused-ring (bicyclic) bond motifs is 6. The van der Waals surface area contributed by atoms with Crippen LogP contribution in [-0.2, 0) is 23.7 Å². The number of aryl methyl sites for hydroxylation is 5. The van der Waals surface area contributed by atoms with Crippen LogP contribution in [0.25, 0.3) is 44.5 Å². The summed E-state index contributed by atoms with van der Waals surface area (Å²) in [6, 6.07) is 55.1. The minimum atomic E-state index is -0.472. The van der Waals surface area contributed by atoms with Gasteiger partial charge < -0.3 is 4.74 Å². The lowest BCUT2D eigenvalue weighted by Gasteiger charge is -2.35. The van der Waals surface area contributed by atoms with E-state index in [1.807, 2.05) is 0 Å². The van der Waals surface area contributed by atoms with Gasteiger partial charge in [0.15, 0.2) is 0 Å². The molecule has 0 aliphatic heterocycles. The average molecular weight is 1180 g/mol. The van der Waals surface area contributed by atoms with E-state index in [4.69, 9.17) is 4.74 Å². The van der Waals surface area contributed by atoms with Gasteiger partial charge in [-0.25, -0.2) is 0 Å². The van der Waals surface area contributed by atoms with Crippen LogP contribution in [0.5, 0.6) is 5.75 Å². The molecule has 0 atom stereocenters. The molecular formula is C87H116O. The maximum absolute atomic E-state index is 6.66. The highest BCUT2D eigenvalue weighted by atomic mass is 16.5. The predicted molar refractivity (Wildman–Crippen MR) is 384 cm³/mol. The Morgan fingerprint density at radius 1 is 0.295 bits per heavy atom. The van der Waals surface area contributed by atoms with Crippen molar-refractivity contribution in [2.75, 3.05) is 6.61 Å². The quantitative estimate of drug-likeness (QED) is 0.0348. The Morgan fingerprint density at radius 2 is 0.670 bits per heavy atom. The second-order valence-corrected chi connectivity index (χ2v) is 27.7. The molecule has 0 saturated carbocycles. The van der Waals surface area contributed by atoms with Gasteiger partial charge in [0.1, 0.15) is 5.75 Å². The number of rotatable bonds is 40. The Morgan fingerprint density at radius 3 is 1.15 bits per heavy atom. The molecule has 9 rings (SSSR count). The lowest BCUT2D eigenvalue weighted by atomic mass is 9.67. The molecule has 88 heavy (non-hydrogen) atoms. The Labute approximate surface area is 537 Å². The fourth-order valence-electron chi connectivity index (χ4n) is 15.8. The summed E-state index contributed by atoms with van der Waals surface area (Å²) < 4.78 is 6.66. The fraction of sp³-hybridized carbons (Fsp3) is 0.517. The molecule has 470 valence electrons. The van der Waals surface area contributed by atoms with Crippen LogP contribution in [0.1, 0.15) is 301 Å². The zero-order valence-corrected chi connectivity index (χ0v) is 56.9. The van der Waals surface area contributed by atoms with Crippen molar-refractivity contribution in [3.8, 4) is 50.3 Å². The van der Waals surface area contributed by atoms with E-state index in [0.717, 1.165) is 31.6 Å². The predicted octanol–water partition coefficient (Wildman–Crippen LogP) is 26.6. The first-order valence-electron chi connectivity index (χ1n) is 36.7. The van der Waals surface area contributed by atoms with E-state index in [1.54, 1.807) is 11.1 Å². The molecule has 2 aliphatic rings. The van der Waals surface area contributed by atoms with Crippen molar-refractivity contribution < 1.29 is 4.74 Å². The molecule has 0 spiro atoms. The van der Waals surface area contributed by atoms with Crippen LogP contribution in [0.4, 0.5) is 0 Å². The summed E-state index contributed by atoms with van der Waals surface area (Å²) in [4.78, 5) is 0. The molecule has 0 fully saturated rings. The molecule has 0 radical (unpaired) electrons. The van der Waals surface area contributed by atoms with Gasteiger partial charge in [-0.05, 0) is 190 Å². The Balaban J connectivity index is 1.14. The van der Waals surface area contributed by atoms with E-state index in [2.05, 4.69) is 189 Å². The monoisotopic (exact) mass is 1180 g/mol. The van der Waals surface area contributed by atoms with Crippen molar-refractivity contribution in [3.63, 3.8) is 0 Å². The number of hydrogen-bond donors (Lipinski definition) is 0. The van der Waals surface area contributed by atoms with Crippen molar-refractivity contribution in [2.45, 2.75) is 285 Å². The zero-order valence-electron chi connectivity index (χ0n) is 56.9. The van der Waals surface area contributed by atoms with E-state index in [-0.39, 0.29) is 5.41 Å². The summed E-state index contributed by atoms with van der Waals surface area (Å²) in [5.41, 5.74) is 25.9. The van der Waals surface area contributed by atoms with E-state index < -0.39 is 5.41 Å². The topological polar surface area (TPSA) is 9.23 Å². The first-order valence-corrected chi connectivity index (χ1v) is 36.7. The zero-order chi connectivity index (χ0) is 61.6. The average Bonchev–Trinajstić information content (AvgIpc) is 1.54. The fourth-order valence-corrected chi connectivity index (χ4v) is 15.8. The first-order chi connectivity index (χ1) is 43.2. The minimum Gasteiger partial charge on any atom is -0.493 e. The molecule has 1 heteroatoms. The number of unbranched alkanes of at least 4 members (excludes halogenated alkanes) is 25. The van der Waals surface area contributed by atoms with E-state index in [1.165, 1.54) is 294 Å². The van der Waals surface area contributed by atoms with Crippen LogP contribution in [0.3, 0.4) is 0 Å². The Kier molecular flexibility index (Phi) is 25.8. The van der Waals surface area contributed by atoms with Gasteiger partial charge in [-0.15, -0.1) is 0 Å². The summed E-state index contributed by atoms with van der Waals surface area (Å²) >= 11 is 0. The maximum Gasteiger partial charge on any atom is 0.122 e. The van der Waals surface area contributed by atoms with Gasteiger partial charge in [-0.1, -0.05) is 323 Å². The van der Waals surface area contributed by atoms with Gasteiger partial charge in [0.2, 0.25) is 0 Å². The van der Waals surface area contributed by atoms with Gasteiger partial charge in [-0.3, -0.25) is 0 Å². The molecule has 7 aromatic carbocycles. The third-order valence-electron chi connectivity index (χ3n) is 20.9. The molecule has 0 aromatic heterocycles. The minimum absolute atomic E-state index is 0.0787. The van der Waals surface area contributed by atoms with Crippen LogP contribution in [-0.4, -0.2) is 6.61 Å². The van der Waals surface area contributed by atoms with Crippen LogP contribution < -0.4 is 4.74 Å². The molecular weight excluding hydrogens is 1060 g/mol. The second-order valence-electron chi connectivity index (χ2n) is 27.7. The van der Waals surface area contributed by atoms with Gasteiger partial charge in [0.05, 0.1) is 12.0 Å². The smallest absolute Gasteiger partial charge is 0.122 e. The Bertz CT molecular complexity index is 3160. The molecule has 0 N–H and O–H groups in total. The highest BCUT2D eigenvalue weighted by Gasteiger charge is 2.47. The lowest BCUT2D eigenvalue weighted by Crippen LogP contribution is -2.29. The van der Waals surface area contributed by atoms with Gasteiger partial charge >= 0.3 is 0 Å². The molecule has 2 aliphatic carbocycles. The van der Waals surface area contributed by atoms with Crippen LogP contribution >= 0.6 is 0 Å². The standard InChI is InChI=1S/C87H116O/c1-9-14-19-24-29-34-39-69-42-49-74(50-43-69)87(75-51-44-70(45-52-75)40-35-30-25-20-15-10-2)83-60-66(6)41-53-78(83)79-55-47-72(63-84(79)87)71-46-54-76-77-56-48-73(80-65-85(68(8)61-67(80)7)88-59-38-33-28-23-18-13-5)64-82(77)86(81(76)62-71,57-36-31-26-21-16-11-3)58-37-32-27-22-17-12-4/h41-56,60-65H,9-40,57-59H2,1-8H3. The number of hydrogen-bond acceptors (Lipinski definition) is 1. The van der Waals surface area contributed by atoms with Crippen LogP contribution in [0.2, 0.25) is 0 Å². The van der Waals surface area contributed by atoms with Gasteiger partial charge in [0.25, 0.3) is 0 Å². The van der Waals surface area contributed by atoms with E-state index in [0.29, 0.717) is 0 Å². The summed E-state index contributed by atoms with van der Waals surface area (Å²) in [5.74, 6) is 1.05. The molecule has 0 bridgehead atoms. The summed E-state index contributed by atoms with van der Waals surface area (Å²) in [7, 11) is 0. The third kappa shape index (κ3) is 16.1.